The lowest BCUT2D eigenvalue weighted by Crippen LogP contribution is -2.60. The highest BCUT2D eigenvalue weighted by Crippen LogP contribution is 2.19. The molecule has 0 radical (unpaired) electrons. The Kier molecular flexibility index (Phi) is 12.7. The van der Waals surface area contributed by atoms with Crippen LogP contribution in [0.25, 0.3) is 10.9 Å². The molecule has 0 aliphatic carbocycles. The topological polar surface area (TPSA) is 294 Å². The third kappa shape index (κ3) is 10.4. The van der Waals surface area contributed by atoms with Crippen molar-refractivity contribution in [2.45, 2.75) is 69.3 Å². The zero-order valence-electron chi connectivity index (χ0n) is 23.2. The molecule has 4 amide bonds. The zero-order valence-corrected chi connectivity index (χ0v) is 23.2. The molecule has 2 aromatic rings. The van der Waals surface area contributed by atoms with Gasteiger partial charge in [0, 0.05) is 36.5 Å². The van der Waals surface area contributed by atoms with E-state index in [1.54, 1.807) is 12.3 Å². The number of carbonyl (C=O) groups excluding carboxylic acids is 4. The largest absolute Gasteiger partial charge is 0.480 e. The highest BCUT2D eigenvalue weighted by atomic mass is 16.4. The summed E-state index contributed by atoms with van der Waals surface area (Å²) in [6, 6.07) is 1.94. The fourth-order valence-electron chi connectivity index (χ4n) is 4.12. The molecule has 14 N–H and O–H groups in total. The van der Waals surface area contributed by atoms with E-state index in [0.717, 1.165) is 10.9 Å². The SMILES string of the molecule is CC(O)C(NC(=O)C(Cc1c[nH]c2ccccc12)NC(=O)C(N)CCC(N)=O)C(=O)NC(CCCN=C(N)N)C(=O)O. The van der Waals surface area contributed by atoms with Crippen molar-refractivity contribution in [3.8, 4) is 0 Å². The van der Waals surface area contributed by atoms with Crippen LogP contribution in [0.4, 0.5) is 0 Å². The lowest BCUT2D eigenvalue weighted by Gasteiger charge is -2.26. The van der Waals surface area contributed by atoms with Gasteiger partial charge in [-0.15, -0.1) is 0 Å². The van der Waals surface area contributed by atoms with E-state index in [0.29, 0.717) is 5.56 Å². The van der Waals surface area contributed by atoms with Crippen molar-refractivity contribution in [2.24, 2.45) is 27.9 Å². The highest BCUT2D eigenvalue weighted by Gasteiger charge is 2.33. The predicted octanol–water partition coefficient (Wildman–Crippen LogP) is -2.72. The van der Waals surface area contributed by atoms with Gasteiger partial charge in [-0.3, -0.25) is 24.2 Å². The Labute approximate surface area is 241 Å². The van der Waals surface area contributed by atoms with Crippen LogP contribution >= 0.6 is 0 Å². The number of aromatic nitrogens is 1. The summed E-state index contributed by atoms with van der Waals surface area (Å²) in [6.07, 6.45) is 0.211. The molecule has 0 saturated heterocycles. The summed E-state index contributed by atoms with van der Waals surface area (Å²) in [5.74, 6) is -4.67. The van der Waals surface area contributed by atoms with Crippen molar-refractivity contribution in [3.05, 3.63) is 36.0 Å². The number of hydrogen-bond donors (Lipinski definition) is 10. The Morgan fingerprint density at radius 1 is 0.952 bits per heavy atom. The average Bonchev–Trinajstić information content (AvgIpc) is 3.33. The molecule has 0 saturated carbocycles. The fraction of sp³-hybridized carbons (Fsp3) is 0.462. The number of benzene rings is 1. The number of para-hydroxylation sites is 1. The first-order valence-electron chi connectivity index (χ1n) is 13.3. The smallest absolute Gasteiger partial charge is 0.326 e. The lowest BCUT2D eigenvalue weighted by atomic mass is 10.0. The van der Waals surface area contributed by atoms with Gasteiger partial charge in [0.15, 0.2) is 5.96 Å². The molecule has 1 heterocycles. The number of carboxylic acid groups (broad SMARTS) is 1. The first-order valence-corrected chi connectivity index (χ1v) is 13.3. The summed E-state index contributed by atoms with van der Waals surface area (Å²) in [7, 11) is 0. The van der Waals surface area contributed by atoms with Crippen LogP contribution in [0.1, 0.15) is 38.2 Å². The molecule has 42 heavy (non-hydrogen) atoms. The molecule has 0 bridgehead atoms. The number of H-pyrrole nitrogens is 1. The summed E-state index contributed by atoms with van der Waals surface area (Å²) in [4.78, 5) is 68.9. The monoisotopic (exact) mass is 589 g/mol. The van der Waals surface area contributed by atoms with Crippen molar-refractivity contribution in [2.75, 3.05) is 6.54 Å². The number of carbonyl (C=O) groups is 5. The van der Waals surface area contributed by atoms with Crippen LogP contribution in [-0.2, 0) is 30.4 Å². The zero-order chi connectivity index (χ0) is 31.4. The maximum Gasteiger partial charge on any atom is 0.326 e. The molecule has 16 nitrogen and oxygen atoms in total. The van der Waals surface area contributed by atoms with Gasteiger partial charge in [-0.25, -0.2) is 4.79 Å². The molecule has 5 atom stereocenters. The number of aliphatic hydroxyl groups is 1. The number of nitrogens with one attached hydrogen (secondary N) is 4. The summed E-state index contributed by atoms with van der Waals surface area (Å²) in [6.45, 7) is 1.38. The first kappa shape index (κ1) is 33.5. The Morgan fingerprint density at radius 3 is 2.24 bits per heavy atom. The van der Waals surface area contributed by atoms with Crippen LogP contribution < -0.4 is 38.9 Å². The lowest BCUT2D eigenvalue weighted by molar-refractivity contribution is -0.143. The molecular weight excluding hydrogens is 550 g/mol. The predicted molar refractivity (Wildman–Crippen MR) is 153 cm³/mol. The van der Waals surface area contributed by atoms with Gasteiger partial charge in [-0.1, -0.05) is 18.2 Å². The van der Waals surface area contributed by atoms with E-state index in [4.69, 9.17) is 22.9 Å². The molecule has 16 heteroatoms. The van der Waals surface area contributed by atoms with Gasteiger partial charge in [-0.05, 0) is 37.8 Å². The second-order valence-corrected chi connectivity index (χ2v) is 9.81. The normalized spacial score (nSPS) is 14.5. The Balaban J connectivity index is 2.23. The minimum Gasteiger partial charge on any atom is -0.480 e. The van der Waals surface area contributed by atoms with Crippen LogP contribution in [-0.4, -0.2) is 87.6 Å². The number of rotatable bonds is 17. The Hall–Kier alpha value is -4.70. The van der Waals surface area contributed by atoms with Crippen LogP contribution in [0.15, 0.2) is 35.5 Å². The van der Waals surface area contributed by atoms with E-state index in [-0.39, 0.29) is 44.6 Å². The number of amides is 4. The van der Waals surface area contributed by atoms with Gasteiger partial charge in [0.05, 0.1) is 12.1 Å². The first-order chi connectivity index (χ1) is 19.8. The molecule has 0 fully saturated rings. The highest BCUT2D eigenvalue weighted by molar-refractivity contribution is 5.95. The van der Waals surface area contributed by atoms with Gasteiger partial charge >= 0.3 is 5.97 Å². The Morgan fingerprint density at radius 2 is 1.62 bits per heavy atom. The molecule has 5 unspecified atom stereocenters. The quantitative estimate of drug-likeness (QED) is 0.0516. The van der Waals surface area contributed by atoms with Crippen LogP contribution in [0.2, 0.25) is 0 Å². The standard InChI is InChI=1S/C26H39N9O7/c1-13(36)21(24(40)33-18(25(41)42)7-4-10-31-26(29)30)35-23(39)19(34-22(38)16(27)8-9-20(28)37)11-14-12-32-17-6-3-2-5-15(14)17/h2-3,5-6,12-13,16,18-19,21,32,36H,4,7-11,27H2,1H3,(H2,28,37)(H,33,40)(H,34,38)(H,35,39)(H,41,42)(H4,29,30,31). The maximum absolute atomic E-state index is 13.4. The van der Waals surface area contributed by atoms with E-state index in [1.165, 1.54) is 6.92 Å². The van der Waals surface area contributed by atoms with E-state index in [1.807, 2.05) is 18.2 Å². The van der Waals surface area contributed by atoms with Crippen LogP contribution in [0.5, 0.6) is 0 Å². The van der Waals surface area contributed by atoms with Crippen molar-refractivity contribution < 1.29 is 34.2 Å². The minimum atomic E-state index is -1.57. The van der Waals surface area contributed by atoms with E-state index < -0.39 is 59.9 Å². The third-order valence-corrected chi connectivity index (χ3v) is 6.39. The minimum absolute atomic E-state index is 0.0270. The van der Waals surface area contributed by atoms with E-state index >= 15 is 0 Å². The summed E-state index contributed by atoms with van der Waals surface area (Å²) in [5, 5.41) is 27.9. The maximum atomic E-state index is 13.4. The Bertz CT molecular complexity index is 1290. The number of aliphatic hydroxyl groups excluding tert-OH is 1. The van der Waals surface area contributed by atoms with Crippen molar-refractivity contribution in [1.82, 2.24) is 20.9 Å². The molecule has 1 aromatic heterocycles. The molecule has 2 rings (SSSR count). The van der Waals surface area contributed by atoms with Gasteiger partial charge in [0.1, 0.15) is 18.1 Å². The number of guanidine groups is 1. The van der Waals surface area contributed by atoms with Crippen LogP contribution in [0.3, 0.4) is 0 Å². The molecule has 230 valence electrons. The number of aliphatic carboxylic acids is 1. The van der Waals surface area contributed by atoms with Gasteiger partial charge in [0.25, 0.3) is 0 Å². The van der Waals surface area contributed by atoms with E-state index in [2.05, 4.69) is 25.9 Å². The van der Waals surface area contributed by atoms with Gasteiger partial charge < -0.3 is 54.1 Å². The summed E-state index contributed by atoms with van der Waals surface area (Å²) < 4.78 is 0. The number of nitrogens with zero attached hydrogens (tertiary/aromatic N) is 1. The van der Waals surface area contributed by atoms with Crippen LogP contribution in [0, 0.1) is 0 Å². The van der Waals surface area contributed by atoms with Gasteiger partial charge in [-0.2, -0.15) is 0 Å². The molecular formula is C26H39N9O7. The second-order valence-electron chi connectivity index (χ2n) is 9.81. The van der Waals surface area contributed by atoms with Crippen molar-refractivity contribution in [1.29, 1.82) is 0 Å². The summed E-state index contributed by atoms with van der Waals surface area (Å²) in [5.41, 5.74) is 23.0. The number of nitrogens with two attached hydrogens (primary N) is 4. The van der Waals surface area contributed by atoms with Crippen molar-refractivity contribution >= 4 is 46.5 Å². The van der Waals surface area contributed by atoms with Gasteiger partial charge in [0.2, 0.25) is 23.6 Å². The van der Waals surface area contributed by atoms with E-state index in [9.17, 15) is 34.2 Å². The number of aromatic amines is 1. The number of primary amides is 1. The fourth-order valence-corrected chi connectivity index (χ4v) is 4.12. The number of fused-ring (bicyclic) bond motifs is 1. The number of aliphatic imine (C=N–C) groups is 1. The summed E-state index contributed by atoms with van der Waals surface area (Å²) >= 11 is 0. The number of carboxylic acids is 1. The molecule has 0 spiro atoms. The molecule has 0 aliphatic rings. The third-order valence-electron chi connectivity index (χ3n) is 6.39. The molecule has 0 aliphatic heterocycles. The average molecular weight is 590 g/mol. The number of hydrogen-bond acceptors (Lipinski definition) is 8. The molecule has 1 aromatic carbocycles. The second kappa shape index (κ2) is 15.9. The van der Waals surface area contributed by atoms with Crippen molar-refractivity contribution in [3.63, 3.8) is 0 Å².